The third-order valence-electron chi connectivity index (χ3n) is 3.84. The molecule has 2 aliphatic rings. The molecular formula is C12H23N3. The van der Waals surface area contributed by atoms with Gasteiger partial charge in [0.1, 0.15) is 0 Å². The Morgan fingerprint density at radius 2 is 2.27 bits per heavy atom. The Hall–Kier alpha value is -0.570. The summed E-state index contributed by atoms with van der Waals surface area (Å²) in [5.74, 6) is 0.820. The average molecular weight is 209 g/mol. The molecule has 0 saturated heterocycles. The van der Waals surface area contributed by atoms with Crippen LogP contribution >= 0.6 is 0 Å². The van der Waals surface area contributed by atoms with E-state index < -0.39 is 0 Å². The highest BCUT2D eigenvalue weighted by molar-refractivity contribution is 5.59. The van der Waals surface area contributed by atoms with E-state index in [0.29, 0.717) is 18.1 Å². The molecule has 1 heterocycles. The highest BCUT2D eigenvalue weighted by Gasteiger charge is 2.36. The summed E-state index contributed by atoms with van der Waals surface area (Å²) >= 11 is 0. The summed E-state index contributed by atoms with van der Waals surface area (Å²) in [6, 6.07) is 1.83. The fraction of sp³-hybridized carbons (Fsp3) is 0.917. The van der Waals surface area contributed by atoms with Crippen molar-refractivity contribution in [3.63, 3.8) is 0 Å². The average Bonchev–Trinajstić information content (AvgIpc) is 2.61. The van der Waals surface area contributed by atoms with Crippen molar-refractivity contribution in [2.45, 2.75) is 57.7 Å². The summed E-state index contributed by atoms with van der Waals surface area (Å²) in [6.45, 7) is 5.33. The molecule has 0 spiro atoms. The first-order valence-electron chi connectivity index (χ1n) is 6.23. The fourth-order valence-electron chi connectivity index (χ4n) is 2.99. The third kappa shape index (κ3) is 2.17. The van der Waals surface area contributed by atoms with E-state index in [2.05, 4.69) is 30.1 Å². The Morgan fingerprint density at radius 1 is 1.47 bits per heavy atom. The first-order valence-corrected chi connectivity index (χ1v) is 6.23. The molecule has 2 rings (SSSR count). The van der Waals surface area contributed by atoms with Gasteiger partial charge < -0.3 is 10.6 Å². The molecule has 0 amide bonds. The van der Waals surface area contributed by atoms with Crippen molar-refractivity contribution in [3.8, 4) is 0 Å². The Bertz CT molecular complexity index is 237. The predicted molar refractivity (Wildman–Crippen MR) is 64.1 cm³/mol. The van der Waals surface area contributed by atoms with Gasteiger partial charge in [-0.25, -0.2) is 0 Å². The summed E-state index contributed by atoms with van der Waals surface area (Å²) in [5, 5.41) is 0. The molecule has 3 atom stereocenters. The van der Waals surface area contributed by atoms with Crippen LogP contribution in [-0.4, -0.2) is 35.9 Å². The van der Waals surface area contributed by atoms with E-state index in [4.69, 9.17) is 5.73 Å². The largest absolute Gasteiger partial charge is 0.355 e. The molecule has 2 N–H and O–H groups in total. The molecule has 15 heavy (non-hydrogen) atoms. The van der Waals surface area contributed by atoms with Gasteiger partial charge in [-0.1, -0.05) is 0 Å². The van der Waals surface area contributed by atoms with Crippen molar-refractivity contribution < 1.29 is 0 Å². The highest BCUT2D eigenvalue weighted by Crippen LogP contribution is 2.34. The Morgan fingerprint density at radius 3 is 2.93 bits per heavy atom. The van der Waals surface area contributed by atoms with Crippen LogP contribution < -0.4 is 5.73 Å². The molecule has 0 aromatic heterocycles. The summed E-state index contributed by atoms with van der Waals surface area (Å²) in [6.07, 6.45) is 7.14. The van der Waals surface area contributed by atoms with Gasteiger partial charge in [-0.15, -0.1) is 0 Å². The zero-order valence-electron chi connectivity index (χ0n) is 9.89. The lowest BCUT2D eigenvalue weighted by atomic mass is 9.81. The minimum atomic E-state index is 0.553. The summed E-state index contributed by atoms with van der Waals surface area (Å²) in [5.41, 5.74) is 5.62. The van der Waals surface area contributed by atoms with E-state index in [1.54, 1.807) is 0 Å². The van der Waals surface area contributed by atoms with E-state index in [1.165, 1.54) is 25.7 Å². The van der Waals surface area contributed by atoms with Crippen molar-refractivity contribution in [1.82, 2.24) is 4.90 Å². The molecule has 0 radical (unpaired) electrons. The van der Waals surface area contributed by atoms with Crippen molar-refractivity contribution in [2.24, 2.45) is 16.6 Å². The zero-order chi connectivity index (χ0) is 10.8. The van der Waals surface area contributed by atoms with Gasteiger partial charge in [0.15, 0.2) is 0 Å². The molecule has 1 saturated carbocycles. The van der Waals surface area contributed by atoms with Gasteiger partial charge in [-0.2, -0.15) is 0 Å². The van der Waals surface area contributed by atoms with E-state index in [-0.39, 0.29) is 0 Å². The van der Waals surface area contributed by atoms with Crippen LogP contribution in [0, 0.1) is 5.92 Å². The maximum atomic E-state index is 5.62. The smallest absolute Gasteiger partial charge is 0.0859 e. The molecule has 1 aliphatic heterocycles. The van der Waals surface area contributed by atoms with E-state index in [0.717, 1.165) is 12.5 Å². The second-order valence-electron chi connectivity index (χ2n) is 5.20. The normalized spacial score (nSPS) is 34.9. The maximum absolute atomic E-state index is 5.62. The second-order valence-corrected chi connectivity index (χ2v) is 5.20. The number of nitrogens with zero attached hydrogens (tertiary/aromatic N) is 2. The van der Waals surface area contributed by atoms with Crippen LogP contribution in [0.2, 0.25) is 0 Å². The van der Waals surface area contributed by atoms with Crippen molar-refractivity contribution in [3.05, 3.63) is 0 Å². The van der Waals surface area contributed by atoms with Crippen LogP contribution in [0.1, 0.15) is 39.5 Å². The standard InChI is InChI=1S/C12H23N3/c1-9(2)15-8-14-11-7-10(5-6-13)3-4-12(11)15/h8-12H,3-7,13H2,1-2H3. The second kappa shape index (κ2) is 4.52. The molecule has 86 valence electrons. The Balaban J connectivity index is 1.93. The van der Waals surface area contributed by atoms with E-state index in [9.17, 15) is 0 Å². The topological polar surface area (TPSA) is 41.6 Å². The van der Waals surface area contributed by atoms with Crippen molar-refractivity contribution >= 4 is 6.34 Å². The summed E-state index contributed by atoms with van der Waals surface area (Å²) in [7, 11) is 0. The van der Waals surface area contributed by atoms with Gasteiger partial charge in [0.2, 0.25) is 0 Å². The third-order valence-corrected chi connectivity index (χ3v) is 3.84. The summed E-state index contributed by atoms with van der Waals surface area (Å²) in [4.78, 5) is 7.09. The molecular weight excluding hydrogens is 186 g/mol. The minimum absolute atomic E-state index is 0.553. The van der Waals surface area contributed by atoms with Crippen LogP contribution in [0.25, 0.3) is 0 Å². The van der Waals surface area contributed by atoms with Gasteiger partial charge in [0.25, 0.3) is 0 Å². The molecule has 1 fully saturated rings. The Kier molecular flexibility index (Phi) is 3.29. The highest BCUT2D eigenvalue weighted by atomic mass is 15.3. The van der Waals surface area contributed by atoms with Gasteiger partial charge in [0, 0.05) is 6.04 Å². The number of nitrogens with two attached hydrogens (primary N) is 1. The molecule has 0 bridgehead atoms. The van der Waals surface area contributed by atoms with Gasteiger partial charge in [0.05, 0.1) is 18.4 Å². The number of rotatable bonds is 3. The fourth-order valence-corrected chi connectivity index (χ4v) is 2.99. The lowest BCUT2D eigenvalue weighted by molar-refractivity contribution is 0.180. The van der Waals surface area contributed by atoms with Gasteiger partial charge in [-0.05, 0) is 52.0 Å². The van der Waals surface area contributed by atoms with Crippen molar-refractivity contribution in [2.75, 3.05) is 6.54 Å². The lowest BCUT2D eigenvalue weighted by Gasteiger charge is -2.37. The molecule has 3 nitrogen and oxygen atoms in total. The Labute approximate surface area is 92.7 Å². The SMILES string of the molecule is CC(C)N1C=NC2CC(CCN)CCC21. The lowest BCUT2D eigenvalue weighted by Crippen LogP contribution is -2.44. The first kappa shape index (κ1) is 10.9. The molecule has 0 aromatic carbocycles. The molecule has 3 unspecified atom stereocenters. The summed E-state index contributed by atoms with van der Waals surface area (Å²) < 4.78 is 0. The van der Waals surface area contributed by atoms with Crippen molar-refractivity contribution in [1.29, 1.82) is 0 Å². The maximum Gasteiger partial charge on any atom is 0.0859 e. The van der Waals surface area contributed by atoms with Crippen LogP contribution in [0.4, 0.5) is 0 Å². The van der Waals surface area contributed by atoms with Crippen LogP contribution in [0.3, 0.4) is 0 Å². The monoisotopic (exact) mass is 209 g/mol. The van der Waals surface area contributed by atoms with Crippen LogP contribution in [-0.2, 0) is 0 Å². The number of hydrogen-bond acceptors (Lipinski definition) is 3. The number of fused-ring (bicyclic) bond motifs is 1. The van der Waals surface area contributed by atoms with E-state index in [1.807, 2.05) is 0 Å². The van der Waals surface area contributed by atoms with Crippen LogP contribution in [0.5, 0.6) is 0 Å². The minimum Gasteiger partial charge on any atom is -0.355 e. The molecule has 0 aromatic rings. The first-order chi connectivity index (χ1) is 7.22. The van der Waals surface area contributed by atoms with Gasteiger partial charge in [-0.3, -0.25) is 4.99 Å². The number of aliphatic imine (C=N–C) groups is 1. The van der Waals surface area contributed by atoms with E-state index >= 15 is 0 Å². The number of hydrogen-bond donors (Lipinski definition) is 1. The quantitative estimate of drug-likeness (QED) is 0.767. The van der Waals surface area contributed by atoms with Gasteiger partial charge >= 0.3 is 0 Å². The molecule has 1 aliphatic carbocycles. The van der Waals surface area contributed by atoms with Crippen LogP contribution in [0.15, 0.2) is 4.99 Å². The predicted octanol–water partition coefficient (Wildman–Crippen LogP) is 1.62. The molecule has 3 heteroatoms. The zero-order valence-corrected chi connectivity index (χ0v) is 9.89.